The Bertz CT molecular complexity index is 487. The number of ether oxygens (including phenoxy) is 1. The number of carbonyl (C=O) groups is 2. The Morgan fingerprint density at radius 2 is 1.57 bits per heavy atom. The van der Waals surface area contributed by atoms with Crippen molar-refractivity contribution in [2.24, 2.45) is 0 Å². The van der Waals surface area contributed by atoms with Crippen molar-refractivity contribution in [1.29, 1.82) is 0 Å². The van der Waals surface area contributed by atoms with Gasteiger partial charge in [-0.15, -0.1) is 0 Å². The number of hydrogen-bond donors (Lipinski definition) is 0. The minimum absolute atomic E-state index is 0.0440. The van der Waals surface area contributed by atoms with E-state index in [0.29, 0.717) is 26.2 Å². The van der Waals surface area contributed by atoms with Crippen LogP contribution in [0, 0.1) is 0 Å². The van der Waals surface area contributed by atoms with E-state index in [1.807, 2.05) is 0 Å². The fourth-order valence-corrected chi connectivity index (χ4v) is 2.86. The van der Waals surface area contributed by atoms with Crippen LogP contribution in [-0.4, -0.2) is 67.5 Å². The molecule has 0 aromatic heterocycles. The zero-order valence-electron chi connectivity index (χ0n) is 13.1. The molecule has 122 valence electrons. The quantitative estimate of drug-likeness (QED) is 0.692. The van der Waals surface area contributed by atoms with Crippen molar-refractivity contribution in [2.45, 2.75) is 39.2 Å². The van der Waals surface area contributed by atoms with Crippen LogP contribution in [0.4, 0.5) is 0 Å². The summed E-state index contributed by atoms with van der Waals surface area (Å²) in [6, 6.07) is 0. The maximum atomic E-state index is 12.0. The van der Waals surface area contributed by atoms with Crippen LogP contribution in [0.3, 0.4) is 0 Å². The van der Waals surface area contributed by atoms with Crippen molar-refractivity contribution in [3.63, 3.8) is 0 Å². The minimum Gasteiger partial charge on any atom is -0.460 e. The summed E-state index contributed by atoms with van der Waals surface area (Å²) in [6.45, 7) is 6.65. The third kappa shape index (κ3) is 6.43. The van der Waals surface area contributed by atoms with Gasteiger partial charge in [-0.05, 0) is 20.8 Å². The first-order valence-electron chi connectivity index (χ1n) is 6.94. The number of piperazine rings is 1. The lowest BCUT2D eigenvalue weighted by molar-refractivity contribution is -0.156. The van der Waals surface area contributed by atoms with Crippen LogP contribution in [0.15, 0.2) is 0 Å². The topological polar surface area (TPSA) is 84.0 Å². The molecular formula is C13H24N2O5S. The van der Waals surface area contributed by atoms with Gasteiger partial charge in [-0.2, -0.15) is 4.31 Å². The van der Waals surface area contributed by atoms with Gasteiger partial charge in [-0.1, -0.05) is 0 Å². The average molecular weight is 320 g/mol. The highest BCUT2D eigenvalue weighted by Gasteiger charge is 2.26. The Morgan fingerprint density at radius 3 is 2.00 bits per heavy atom. The molecule has 0 unspecified atom stereocenters. The second kappa shape index (κ2) is 6.74. The minimum atomic E-state index is -3.20. The van der Waals surface area contributed by atoms with Gasteiger partial charge >= 0.3 is 5.97 Å². The Labute approximate surface area is 126 Å². The molecule has 1 aliphatic heterocycles. The van der Waals surface area contributed by atoms with E-state index in [-0.39, 0.29) is 18.7 Å². The largest absolute Gasteiger partial charge is 0.460 e. The number of rotatable bonds is 4. The molecule has 0 aromatic carbocycles. The van der Waals surface area contributed by atoms with Gasteiger partial charge in [0.2, 0.25) is 15.9 Å². The molecule has 1 rings (SSSR count). The van der Waals surface area contributed by atoms with E-state index >= 15 is 0 Å². The first kappa shape index (κ1) is 17.9. The Morgan fingerprint density at radius 1 is 1.05 bits per heavy atom. The molecule has 1 aliphatic rings. The van der Waals surface area contributed by atoms with Gasteiger partial charge in [-0.3, -0.25) is 9.59 Å². The first-order chi connectivity index (χ1) is 9.49. The zero-order valence-corrected chi connectivity index (χ0v) is 13.9. The lowest BCUT2D eigenvalue weighted by Gasteiger charge is -2.33. The second-order valence-electron chi connectivity index (χ2n) is 6.13. The molecule has 1 fully saturated rings. The summed E-state index contributed by atoms with van der Waals surface area (Å²) in [5, 5.41) is 0. The third-order valence-electron chi connectivity index (χ3n) is 3.02. The summed E-state index contributed by atoms with van der Waals surface area (Å²) in [5.74, 6) is -0.542. The van der Waals surface area contributed by atoms with E-state index in [0.717, 1.165) is 6.26 Å². The van der Waals surface area contributed by atoms with Crippen molar-refractivity contribution in [1.82, 2.24) is 9.21 Å². The van der Waals surface area contributed by atoms with E-state index in [4.69, 9.17) is 4.74 Å². The maximum absolute atomic E-state index is 12.0. The maximum Gasteiger partial charge on any atom is 0.306 e. The van der Waals surface area contributed by atoms with E-state index in [1.54, 1.807) is 25.7 Å². The number of hydrogen-bond acceptors (Lipinski definition) is 5. The van der Waals surface area contributed by atoms with Gasteiger partial charge in [0.05, 0.1) is 12.7 Å². The average Bonchev–Trinajstić information content (AvgIpc) is 2.33. The van der Waals surface area contributed by atoms with Crippen LogP contribution in [0.25, 0.3) is 0 Å². The monoisotopic (exact) mass is 320 g/mol. The van der Waals surface area contributed by atoms with Gasteiger partial charge < -0.3 is 9.64 Å². The fraction of sp³-hybridized carbons (Fsp3) is 0.846. The lowest BCUT2D eigenvalue weighted by Crippen LogP contribution is -2.50. The standard InChI is InChI=1S/C13H24N2O5S/c1-13(2,3)20-12(17)6-5-11(16)14-7-9-15(10-8-14)21(4,18)19/h5-10H2,1-4H3. The molecule has 0 aliphatic carbocycles. The van der Waals surface area contributed by atoms with E-state index < -0.39 is 21.6 Å². The van der Waals surface area contributed by atoms with Crippen LogP contribution < -0.4 is 0 Å². The summed E-state index contributed by atoms with van der Waals surface area (Å²) in [7, 11) is -3.20. The molecule has 8 heteroatoms. The summed E-state index contributed by atoms with van der Waals surface area (Å²) in [6.07, 6.45) is 1.29. The van der Waals surface area contributed by atoms with Crippen molar-refractivity contribution >= 4 is 21.9 Å². The van der Waals surface area contributed by atoms with Crippen LogP contribution in [0.2, 0.25) is 0 Å². The molecule has 1 saturated heterocycles. The Hall–Kier alpha value is -1.15. The Kier molecular flexibility index (Phi) is 5.75. The van der Waals surface area contributed by atoms with Gasteiger partial charge in [0, 0.05) is 32.6 Å². The molecule has 0 aromatic rings. The summed E-state index contributed by atoms with van der Waals surface area (Å²) in [5.41, 5.74) is -0.554. The molecule has 0 spiro atoms. The van der Waals surface area contributed by atoms with Gasteiger partial charge in [0.1, 0.15) is 5.60 Å². The highest BCUT2D eigenvalue weighted by atomic mass is 32.2. The first-order valence-corrected chi connectivity index (χ1v) is 8.78. The molecule has 21 heavy (non-hydrogen) atoms. The lowest BCUT2D eigenvalue weighted by atomic mass is 10.2. The van der Waals surface area contributed by atoms with Gasteiger partial charge in [-0.25, -0.2) is 8.42 Å². The van der Waals surface area contributed by atoms with Crippen LogP contribution >= 0.6 is 0 Å². The number of nitrogens with zero attached hydrogens (tertiary/aromatic N) is 2. The highest BCUT2D eigenvalue weighted by Crippen LogP contribution is 2.11. The number of carbonyl (C=O) groups excluding carboxylic acids is 2. The van der Waals surface area contributed by atoms with Crippen molar-refractivity contribution in [2.75, 3.05) is 32.4 Å². The predicted octanol–water partition coefficient (Wildman–Crippen LogP) is 0.212. The molecular weight excluding hydrogens is 296 g/mol. The molecule has 0 bridgehead atoms. The molecule has 7 nitrogen and oxygen atoms in total. The number of amides is 1. The van der Waals surface area contributed by atoms with E-state index in [9.17, 15) is 18.0 Å². The van der Waals surface area contributed by atoms with Crippen LogP contribution in [0.1, 0.15) is 33.6 Å². The smallest absolute Gasteiger partial charge is 0.306 e. The number of esters is 1. The second-order valence-corrected chi connectivity index (χ2v) is 8.11. The van der Waals surface area contributed by atoms with Crippen molar-refractivity contribution in [3.8, 4) is 0 Å². The van der Waals surface area contributed by atoms with Crippen LogP contribution in [0.5, 0.6) is 0 Å². The van der Waals surface area contributed by atoms with E-state index in [1.165, 1.54) is 4.31 Å². The SMILES string of the molecule is CC(C)(C)OC(=O)CCC(=O)N1CCN(S(C)(=O)=O)CC1. The van der Waals surface area contributed by atoms with Crippen molar-refractivity contribution < 1.29 is 22.7 Å². The molecule has 1 amide bonds. The normalized spacial score (nSPS) is 17.6. The van der Waals surface area contributed by atoms with E-state index in [2.05, 4.69) is 0 Å². The molecule has 0 saturated carbocycles. The molecule has 0 radical (unpaired) electrons. The van der Waals surface area contributed by atoms with Gasteiger partial charge in [0.25, 0.3) is 0 Å². The summed E-state index contributed by atoms with van der Waals surface area (Å²) >= 11 is 0. The summed E-state index contributed by atoms with van der Waals surface area (Å²) in [4.78, 5) is 25.1. The fourth-order valence-electron chi connectivity index (χ4n) is 2.03. The molecule has 1 heterocycles. The predicted molar refractivity (Wildman–Crippen MR) is 78.1 cm³/mol. The molecule has 0 atom stereocenters. The van der Waals surface area contributed by atoms with Crippen molar-refractivity contribution in [3.05, 3.63) is 0 Å². The third-order valence-corrected chi connectivity index (χ3v) is 4.33. The highest BCUT2D eigenvalue weighted by molar-refractivity contribution is 7.88. The van der Waals surface area contributed by atoms with Crippen LogP contribution in [-0.2, 0) is 24.3 Å². The number of sulfonamides is 1. The molecule has 0 N–H and O–H groups in total. The zero-order chi connectivity index (χ0) is 16.3. The summed E-state index contributed by atoms with van der Waals surface area (Å²) < 4.78 is 29.2. The van der Waals surface area contributed by atoms with Gasteiger partial charge in [0.15, 0.2) is 0 Å². The Balaban J connectivity index is 2.37.